The lowest BCUT2D eigenvalue weighted by molar-refractivity contribution is -0.137. The van der Waals surface area contributed by atoms with E-state index in [1.165, 1.54) is 19.3 Å². The number of alkyl halides is 3. The van der Waals surface area contributed by atoms with Gasteiger partial charge >= 0.3 is 6.18 Å². The van der Waals surface area contributed by atoms with E-state index >= 15 is 0 Å². The zero-order chi connectivity index (χ0) is 25.1. The summed E-state index contributed by atoms with van der Waals surface area (Å²) >= 11 is 0.775. The van der Waals surface area contributed by atoms with Gasteiger partial charge in [-0.25, -0.2) is 0 Å². The SMILES string of the molecule is COc1cc(/C=C2\SC(=O)NC2=O)ccc1-c1cc2c(cc1C(F)(F)F)C(C)(C)CCC2(C)C. The van der Waals surface area contributed by atoms with Crippen molar-refractivity contribution < 1.29 is 27.5 Å². The summed E-state index contributed by atoms with van der Waals surface area (Å²) < 4.78 is 48.3. The number of hydrogen-bond donors (Lipinski definition) is 1. The fourth-order valence-corrected chi connectivity index (χ4v) is 5.35. The topological polar surface area (TPSA) is 55.4 Å². The molecular weight excluding hydrogens is 463 g/mol. The van der Waals surface area contributed by atoms with Crippen LogP contribution in [0, 0.1) is 0 Å². The van der Waals surface area contributed by atoms with Crippen LogP contribution in [-0.2, 0) is 21.8 Å². The van der Waals surface area contributed by atoms with Crippen LogP contribution in [0.5, 0.6) is 5.75 Å². The lowest BCUT2D eigenvalue weighted by Gasteiger charge is -2.42. The molecule has 180 valence electrons. The van der Waals surface area contributed by atoms with E-state index in [1.807, 2.05) is 13.8 Å². The molecule has 0 saturated carbocycles. The maximum atomic E-state index is 14.3. The van der Waals surface area contributed by atoms with Crippen molar-refractivity contribution in [2.45, 2.75) is 57.5 Å². The number of methoxy groups -OCH3 is 1. The van der Waals surface area contributed by atoms with E-state index < -0.39 is 22.9 Å². The van der Waals surface area contributed by atoms with Gasteiger partial charge < -0.3 is 4.74 Å². The minimum Gasteiger partial charge on any atom is -0.496 e. The normalized spacial score (nSPS) is 20.3. The van der Waals surface area contributed by atoms with E-state index in [0.29, 0.717) is 11.1 Å². The number of amides is 2. The molecule has 4 nitrogen and oxygen atoms in total. The summed E-state index contributed by atoms with van der Waals surface area (Å²) in [6.45, 7) is 8.11. The molecule has 1 aliphatic heterocycles. The third kappa shape index (κ3) is 4.35. The number of benzene rings is 2. The Hall–Kier alpha value is -2.74. The Balaban J connectivity index is 1.91. The van der Waals surface area contributed by atoms with Crippen LogP contribution in [0.3, 0.4) is 0 Å². The van der Waals surface area contributed by atoms with Crippen molar-refractivity contribution in [2.24, 2.45) is 0 Å². The first-order valence-corrected chi connectivity index (χ1v) is 11.7. The fourth-order valence-electron chi connectivity index (χ4n) is 4.66. The molecule has 0 aromatic heterocycles. The molecule has 8 heteroatoms. The van der Waals surface area contributed by atoms with Gasteiger partial charge in [0.05, 0.1) is 17.6 Å². The minimum atomic E-state index is -4.55. The van der Waals surface area contributed by atoms with E-state index in [2.05, 4.69) is 19.2 Å². The van der Waals surface area contributed by atoms with Gasteiger partial charge in [0.15, 0.2) is 0 Å². The van der Waals surface area contributed by atoms with Crippen molar-refractivity contribution in [1.29, 1.82) is 0 Å². The monoisotopic (exact) mass is 489 g/mol. The molecule has 1 aliphatic carbocycles. The first-order chi connectivity index (χ1) is 15.7. The Morgan fingerprint density at radius 2 is 1.59 bits per heavy atom. The Kier molecular flexibility index (Phi) is 5.87. The van der Waals surface area contributed by atoms with Gasteiger partial charge in [-0.2, -0.15) is 13.2 Å². The number of halogens is 3. The molecule has 1 fully saturated rings. The molecule has 2 aliphatic rings. The number of carbonyl (C=O) groups is 2. The highest BCUT2D eigenvalue weighted by atomic mass is 32.2. The van der Waals surface area contributed by atoms with Crippen molar-refractivity contribution in [3.8, 4) is 16.9 Å². The summed E-state index contributed by atoms with van der Waals surface area (Å²) in [4.78, 5) is 23.5. The molecule has 1 heterocycles. The highest BCUT2D eigenvalue weighted by molar-refractivity contribution is 8.18. The number of imide groups is 1. The average molecular weight is 490 g/mol. The number of thioether (sulfide) groups is 1. The smallest absolute Gasteiger partial charge is 0.417 e. The number of rotatable bonds is 3. The largest absolute Gasteiger partial charge is 0.496 e. The van der Waals surface area contributed by atoms with Gasteiger partial charge in [0.1, 0.15) is 5.75 Å². The predicted molar refractivity (Wildman–Crippen MR) is 128 cm³/mol. The first kappa shape index (κ1) is 24.4. The predicted octanol–water partition coefficient (Wildman–Crippen LogP) is 7.05. The molecule has 4 rings (SSSR count). The summed E-state index contributed by atoms with van der Waals surface area (Å²) in [5.74, 6) is -0.251. The van der Waals surface area contributed by atoms with E-state index in [9.17, 15) is 22.8 Å². The first-order valence-electron chi connectivity index (χ1n) is 10.9. The van der Waals surface area contributed by atoms with Crippen molar-refractivity contribution in [1.82, 2.24) is 5.32 Å². The highest BCUT2D eigenvalue weighted by Gasteiger charge is 2.42. The van der Waals surface area contributed by atoms with Crippen molar-refractivity contribution in [2.75, 3.05) is 7.11 Å². The molecule has 0 spiro atoms. The Morgan fingerprint density at radius 3 is 2.12 bits per heavy atom. The van der Waals surface area contributed by atoms with Gasteiger partial charge in [-0.3, -0.25) is 14.9 Å². The maximum Gasteiger partial charge on any atom is 0.417 e. The number of fused-ring (bicyclic) bond motifs is 1. The van der Waals surface area contributed by atoms with Gasteiger partial charge in [0.25, 0.3) is 11.1 Å². The van der Waals surface area contributed by atoms with Crippen LogP contribution in [0.25, 0.3) is 17.2 Å². The number of carbonyl (C=O) groups excluding carboxylic acids is 2. The summed E-state index contributed by atoms with van der Waals surface area (Å²) in [5, 5.41) is 1.72. The Bertz CT molecular complexity index is 1230. The summed E-state index contributed by atoms with van der Waals surface area (Å²) in [6.07, 6.45) is -1.35. The second-order valence-corrected chi connectivity index (χ2v) is 11.0. The number of ether oxygens (including phenoxy) is 1. The quantitative estimate of drug-likeness (QED) is 0.469. The van der Waals surface area contributed by atoms with Gasteiger partial charge in [-0.1, -0.05) is 39.8 Å². The molecule has 1 saturated heterocycles. The Labute approximate surface area is 201 Å². The summed E-state index contributed by atoms with van der Waals surface area (Å²) in [7, 11) is 1.40. The van der Waals surface area contributed by atoms with Crippen molar-refractivity contribution in [3.63, 3.8) is 0 Å². The molecule has 2 aromatic carbocycles. The van der Waals surface area contributed by atoms with Gasteiger partial charge in [-0.05, 0) is 82.0 Å². The molecule has 2 aromatic rings. The highest BCUT2D eigenvalue weighted by Crippen LogP contribution is 2.51. The van der Waals surface area contributed by atoms with Crippen molar-refractivity contribution >= 4 is 29.0 Å². The van der Waals surface area contributed by atoms with E-state index in [-0.39, 0.29) is 27.0 Å². The molecule has 1 N–H and O–H groups in total. The van der Waals surface area contributed by atoms with E-state index in [1.54, 1.807) is 24.3 Å². The van der Waals surface area contributed by atoms with Crippen molar-refractivity contribution in [3.05, 3.63) is 57.5 Å². The third-order valence-corrected chi connectivity index (χ3v) is 7.56. The van der Waals surface area contributed by atoms with Crippen LogP contribution < -0.4 is 10.1 Å². The van der Waals surface area contributed by atoms with E-state index in [0.717, 1.165) is 35.7 Å². The number of nitrogens with one attached hydrogen (secondary N) is 1. The average Bonchev–Trinajstić information content (AvgIpc) is 3.06. The minimum absolute atomic E-state index is 0.0660. The Morgan fingerprint density at radius 1 is 0.971 bits per heavy atom. The lowest BCUT2D eigenvalue weighted by Crippen LogP contribution is -2.34. The zero-order valence-corrected chi connectivity index (χ0v) is 20.5. The van der Waals surface area contributed by atoms with Crippen LogP contribution in [0.15, 0.2) is 35.2 Å². The molecular formula is C26H26F3NO3S. The summed E-state index contributed by atoms with van der Waals surface area (Å²) in [5.41, 5.74) is 1.25. The summed E-state index contributed by atoms with van der Waals surface area (Å²) in [6, 6.07) is 7.76. The second-order valence-electron chi connectivity index (χ2n) is 10.0. The van der Waals surface area contributed by atoms with Gasteiger partial charge in [0.2, 0.25) is 0 Å². The van der Waals surface area contributed by atoms with Crippen LogP contribution in [0.4, 0.5) is 18.0 Å². The molecule has 0 atom stereocenters. The molecule has 2 amide bonds. The standard InChI is InChI=1S/C26H26F3NO3S/c1-24(2)8-9-25(3,4)19-13-17(26(27,28)29)16(12-18(19)24)15-7-6-14(10-20(15)33-5)11-21-22(31)30-23(32)34-21/h6-7,10-13H,8-9H2,1-5H3,(H,30,31,32)/b21-11-. The third-order valence-electron chi connectivity index (χ3n) is 6.75. The molecule has 0 radical (unpaired) electrons. The molecule has 34 heavy (non-hydrogen) atoms. The number of hydrogen-bond acceptors (Lipinski definition) is 4. The van der Waals surface area contributed by atoms with E-state index in [4.69, 9.17) is 4.74 Å². The fraction of sp³-hybridized carbons (Fsp3) is 0.385. The van der Waals surface area contributed by atoms with Crippen LogP contribution >= 0.6 is 11.8 Å². The molecule has 0 bridgehead atoms. The van der Waals surface area contributed by atoms with Gasteiger partial charge in [-0.15, -0.1) is 0 Å². The molecule has 0 unspecified atom stereocenters. The zero-order valence-electron chi connectivity index (χ0n) is 19.6. The van der Waals surface area contributed by atoms with Crippen LogP contribution in [0.2, 0.25) is 0 Å². The van der Waals surface area contributed by atoms with Gasteiger partial charge in [0, 0.05) is 5.56 Å². The maximum absolute atomic E-state index is 14.3. The lowest BCUT2D eigenvalue weighted by atomic mass is 9.62. The van der Waals surface area contributed by atoms with Crippen LogP contribution in [0.1, 0.15) is 62.8 Å². The van der Waals surface area contributed by atoms with Crippen LogP contribution in [-0.4, -0.2) is 18.3 Å². The second kappa shape index (κ2) is 8.18.